The molecule has 0 radical (unpaired) electrons. The van der Waals surface area contributed by atoms with Gasteiger partial charge in [-0.05, 0) is 68.6 Å². The minimum atomic E-state index is 0.0200. The van der Waals surface area contributed by atoms with Crippen LogP contribution in [0.25, 0.3) is 0 Å². The van der Waals surface area contributed by atoms with E-state index in [1.54, 1.807) is 0 Å². The molecule has 1 atom stereocenters. The molecule has 2 aliphatic rings. The zero-order valence-corrected chi connectivity index (χ0v) is 17.1. The standard InChI is InChI=1S/C24H31N3O/c1-18-7-6-8-21(15-18)24(28)25-17-23(27-12-4-3-5-13-27)19-9-10-22-20(16-19)11-14-26(22)2/h6-10,15-16,23H,3-5,11-14,17H2,1-2H3,(H,25,28)/t23-/m0/s1. The highest BCUT2D eigenvalue weighted by Gasteiger charge is 2.25. The second-order valence-corrected chi connectivity index (χ2v) is 8.25. The Morgan fingerprint density at radius 2 is 1.89 bits per heavy atom. The average molecular weight is 378 g/mol. The van der Waals surface area contributed by atoms with E-state index in [1.807, 2.05) is 31.2 Å². The number of hydrogen-bond acceptors (Lipinski definition) is 3. The van der Waals surface area contributed by atoms with E-state index in [0.717, 1.165) is 37.2 Å². The molecule has 0 unspecified atom stereocenters. The summed E-state index contributed by atoms with van der Waals surface area (Å²) in [4.78, 5) is 17.6. The second kappa shape index (κ2) is 8.36. The minimum absolute atomic E-state index is 0.0200. The number of hydrogen-bond donors (Lipinski definition) is 1. The predicted molar refractivity (Wildman–Crippen MR) is 115 cm³/mol. The van der Waals surface area contributed by atoms with Crippen molar-refractivity contribution >= 4 is 11.6 Å². The van der Waals surface area contributed by atoms with Crippen LogP contribution in [0, 0.1) is 6.92 Å². The van der Waals surface area contributed by atoms with Crippen molar-refractivity contribution in [2.75, 3.05) is 38.1 Å². The van der Waals surface area contributed by atoms with Crippen molar-refractivity contribution in [1.29, 1.82) is 0 Å². The first-order valence-corrected chi connectivity index (χ1v) is 10.5. The van der Waals surface area contributed by atoms with Crippen molar-refractivity contribution < 1.29 is 4.79 Å². The Hall–Kier alpha value is -2.33. The fraction of sp³-hybridized carbons (Fsp3) is 0.458. The smallest absolute Gasteiger partial charge is 0.251 e. The summed E-state index contributed by atoms with van der Waals surface area (Å²) in [7, 11) is 2.16. The monoisotopic (exact) mass is 377 g/mol. The lowest BCUT2D eigenvalue weighted by atomic mass is 9.98. The van der Waals surface area contributed by atoms with Gasteiger partial charge in [-0.25, -0.2) is 0 Å². The van der Waals surface area contributed by atoms with Crippen LogP contribution in [0.3, 0.4) is 0 Å². The van der Waals surface area contributed by atoms with Crippen LogP contribution in [-0.4, -0.2) is 44.0 Å². The molecule has 4 nitrogen and oxygen atoms in total. The van der Waals surface area contributed by atoms with Gasteiger partial charge >= 0.3 is 0 Å². The molecule has 148 valence electrons. The van der Waals surface area contributed by atoms with Gasteiger partial charge in [-0.1, -0.05) is 36.2 Å². The molecule has 0 saturated carbocycles. The van der Waals surface area contributed by atoms with Crippen LogP contribution in [0.4, 0.5) is 5.69 Å². The van der Waals surface area contributed by atoms with Crippen LogP contribution in [0.15, 0.2) is 42.5 Å². The molecule has 0 aliphatic carbocycles. The molecule has 1 fully saturated rings. The molecule has 1 saturated heterocycles. The first kappa shape index (κ1) is 19.0. The van der Waals surface area contributed by atoms with Crippen molar-refractivity contribution in [3.8, 4) is 0 Å². The first-order valence-electron chi connectivity index (χ1n) is 10.5. The van der Waals surface area contributed by atoms with Crippen molar-refractivity contribution in [3.05, 3.63) is 64.7 Å². The van der Waals surface area contributed by atoms with Crippen molar-refractivity contribution in [1.82, 2.24) is 10.2 Å². The third kappa shape index (κ3) is 4.07. The predicted octanol–water partition coefficient (Wildman–Crippen LogP) is 3.94. The molecule has 1 amide bonds. The zero-order chi connectivity index (χ0) is 19.5. The molecular weight excluding hydrogens is 346 g/mol. The fourth-order valence-electron chi connectivity index (χ4n) is 4.56. The van der Waals surface area contributed by atoms with Crippen molar-refractivity contribution in [2.24, 2.45) is 0 Å². The molecule has 0 aromatic heterocycles. The molecule has 2 aliphatic heterocycles. The Bertz CT molecular complexity index is 841. The number of rotatable bonds is 5. The van der Waals surface area contributed by atoms with Crippen LogP contribution in [-0.2, 0) is 6.42 Å². The number of carbonyl (C=O) groups excluding carboxylic acids is 1. The SMILES string of the molecule is Cc1cccc(C(=O)NC[C@@H](c2ccc3c(c2)CCN3C)N2CCCCC2)c1. The molecule has 2 aromatic carbocycles. The van der Waals surface area contributed by atoms with Crippen LogP contribution in [0.5, 0.6) is 0 Å². The first-order chi connectivity index (χ1) is 13.6. The summed E-state index contributed by atoms with van der Waals surface area (Å²) in [5.41, 5.74) is 5.98. The molecule has 1 N–H and O–H groups in total. The Balaban J connectivity index is 1.53. The fourth-order valence-corrected chi connectivity index (χ4v) is 4.56. The number of likely N-dealkylation sites (tertiary alicyclic amines) is 1. The zero-order valence-electron chi connectivity index (χ0n) is 17.1. The minimum Gasteiger partial charge on any atom is -0.374 e. The Morgan fingerprint density at radius 3 is 2.68 bits per heavy atom. The number of likely N-dealkylation sites (N-methyl/N-ethyl adjacent to an activating group) is 1. The van der Waals surface area contributed by atoms with E-state index in [-0.39, 0.29) is 11.9 Å². The van der Waals surface area contributed by atoms with Gasteiger partial charge in [-0.3, -0.25) is 9.69 Å². The normalized spacial score (nSPS) is 18.0. The Kier molecular flexibility index (Phi) is 5.67. The second-order valence-electron chi connectivity index (χ2n) is 8.25. The van der Waals surface area contributed by atoms with E-state index in [4.69, 9.17) is 0 Å². The molecule has 0 spiro atoms. The number of aryl methyl sites for hydroxylation is 1. The summed E-state index contributed by atoms with van der Waals surface area (Å²) < 4.78 is 0. The van der Waals surface area contributed by atoms with Gasteiger partial charge in [0.2, 0.25) is 0 Å². The average Bonchev–Trinajstić information content (AvgIpc) is 3.09. The van der Waals surface area contributed by atoms with Gasteiger partial charge in [0.15, 0.2) is 0 Å². The number of carbonyl (C=O) groups is 1. The number of piperidine rings is 1. The lowest BCUT2D eigenvalue weighted by Crippen LogP contribution is -2.40. The van der Waals surface area contributed by atoms with Gasteiger partial charge < -0.3 is 10.2 Å². The van der Waals surface area contributed by atoms with E-state index >= 15 is 0 Å². The highest BCUT2D eigenvalue weighted by atomic mass is 16.1. The Labute approximate surface area is 168 Å². The molecule has 4 rings (SSSR count). The molecule has 2 aromatic rings. The maximum Gasteiger partial charge on any atom is 0.251 e. The van der Waals surface area contributed by atoms with Gasteiger partial charge in [0.1, 0.15) is 0 Å². The number of fused-ring (bicyclic) bond motifs is 1. The summed E-state index contributed by atoms with van der Waals surface area (Å²) >= 11 is 0. The van der Waals surface area contributed by atoms with Gasteiger partial charge in [-0.2, -0.15) is 0 Å². The van der Waals surface area contributed by atoms with Gasteiger partial charge in [0, 0.05) is 31.4 Å². The van der Waals surface area contributed by atoms with E-state index in [2.05, 4.69) is 40.4 Å². The van der Waals surface area contributed by atoms with Crippen molar-refractivity contribution in [3.63, 3.8) is 0 Å². The number of benzene rings is 2. The van der Waals surface area contributed by atoms with Gasteiger partial charge in [0.05, 0.1) is 6.04 Å². The molecular formula is C24H31N3O. The summed E-state index contributed by atoms with van der Waals surface area (Å²) in [6.45, 7) is 6.00. The van der Waals surface area contributed by atoms with Gasteiger partial charge in [0.25, 0.3) is 5.91 Å². The molecule has 2 heterocycles. The third-order valence-corrected chi connectivity index (χ3v) is 6.18. The number of nitrogens with zero attached hydrogens (tertiary/aromatic N) is 2. The maximum absolute atomic E-state index is 12.7. The van der Waals surface area contributed by atoms with E-state index in [1.165, 1.54) is 36.1 Å². The van der Waals surface area contributed by atoms with E-state index in [9.17, 15) is 4.79 Å². The third-order valence-electron chi connectivity index (χ3n) is 6.18. The highest BCUT2D eigenvalue weighted by Crippen LogP contribution is 2.32. The topological polar surface area (TPSA) is 35.6 Å². The number of nitrogens with one attached hydrogen (secondary N) is 1. The summed E-state index contributed by atoms with van der Waals surface area (Å²) in [5, 5.41) is 3.21. The molecule has 4 heteroatoms. The van der Waals surface area contributed by atoms with Crippen LogP contribution in [0.1, 0.15) is 52.4 Å². The number of amides is 1. The molecule has 28 heavy (non-hydrogen) atoms. The van der Waals surface area contributed by atoms with E-state index < -0.39 is 0 Å². The largest absolute Gasteiger partial charge is 0.374 e. The Morgan fingerprint density at radius 1 is 1.07 bits per heavy atom. The lowest BCUT2D eigenvalue weighted by Gasteiger charge is -2.35. The lowest BCUT2D eigenvalue weighted by molar-refractivity contribution is 0.0924. The van der Waals surface area contributed by atoms with Crippen molar-refractivity contribution in [2.45, 2.75) is 38.6 Å². The summed E-state index contributed by atoms with van der Waals surface area (Å²) in [6, 6.07) is 15.0. The van der Waals surface area contributed by atoms with Gasteiger partial charge in [-0.15, -0.1) is 0 Å². The van der Waals surface area contributed by atoms with E-state index in [0.29, 0.717) is 6.54 Å². The summed E-state index contributed by atoms with van der Waals surface area (Å²) in [6.07, 6.45) is 4.92. The highest BCUT2D eigenvalue weighted by molar-refractivity contribution is 5.94. The maximum atomic E-state index is 12.7. The number of anilines is 1. The molecule has 0 bridgehead atoms. The van der Waals surface area contributed by atoms with Crippen LogP contribution >= 0.6 is 0 Å². The van der Waals surface area contributed by atoms with Crippen LogP contribution in [0.2, 0.25) is 0 Å². The van der Waals surface area contributed by atoms with Crippen LogP contribution < -0.4 is 10.2 Å². The quantitative estimate of drug-likeness (QED) is 0.857. The summed E-state index contributed by atoms with van der Waals surface area (Å²) in [5.74, 6) is 0.0200.